The largest absolute Gasteiger partial charge is 0.321 e. The summed E-state index contributed by atoms with van der Waals surface area (Å²) >= 11 is 0. The molecular formula is C15H14F2N2O. The predicted molar refractivity (Wildman–Crippen MR) is 69.9 cm³/mol. The van der Waals surface area contributed by atoms with Crippen molar-refractivity contribution in [1.82, 2.24) is 9.55 Å². The van der Waals surface area contributed by atoms with Crippen molar-refractivity contribution in [3.63, 3.8) is 0 Å². The lowest BCUT2D eigenvalue weighted by Crippen LogP contribution is -2.29. The van der Waals surface area contributed by atoms with E-state index in [-0.39, 0.29) is 11.5 Å². The molecule has 0 spiro atoms. The third kappa shape index (κ3) is 1.62. The molecule has 5 heteroatoms. The smallest absolute Gasteiger partial charge is 0.280 e. The van der Waals surface area contributed by atoms with E-state index in [2.05, 4.69) is 4.98 Å². The number of carbonyl (C=O) groups is 1. The lowest BCUT2D eigenvalue weighted by Gasteiger charge is -2.28. The molecule has 3 nitrogen and oxygen atoms in total. The van der Waals surface area contributed by atoms with Crippen LogP contribution in [0.3, 0.4) is 0 Å². The third-order valence-electron chi connectivity index (χ3n) is 3.97. The Morgan fingerprint density at radius 3 is 2.70 bits per heavy atom. The Balaban J connectivity index is 2.22. The number of fused-ring (bicyclic) bond motifs is 1. The first-order valence-corrected chi connectivity index (χ1v) is 6.38. The van der Waals surface area contributed by atoms with Crippen LogP contribution in [0.2, 0.25) is 0 Å². The van der Waals surface area contributed by atoms with E-state index in [1.54, 1.807) is 26.0 Å². The second-order valence-corrected chi connectivity index (χ2v) is 5.57. The molecule has 1 aliphatic rings. The van der Waals surface area contributed by atoms with Crippen LogP contribution in [0.4, 0.5) is 8.78 Å². The molecule has 0 bridgehead atoms. The highest BCUT2D eigenvalue weighted by Crippen LogP contribution is 2.48. The topological polar surface area (TPSA) is 34.9 Å². The predicted octanol–water partition coefficient (Wildman–Crippen LogP) is 3.63. The Kier molecular flexibility index (Phi) is 2.74. The van der Waals surface area contributed by atoms with Gasteiger partial charge < -0.3 is 4.57 Å². The molecular weight excluding hydrogens is 262 g/mol. The van der Waals surface area contributed by atoms with Gasteiger partial charge in [0, 0.05) is 5.56 Å². The Hall–Kier alpha value is -2.04. The number of imidazole rings is 1. The van der Waals surface area contributed by atoms with Crippen molar-refractivity contribution in [1.29, 1.82) is 0 Å². The van der Waals surface area contributed by atoms with Crippen molar-refractivity contribution >= 4 is 5.78 Å². The Morgan fingerprint density at radius 1 is 1.30 bits per heavy atom. The fourth-order valence-electron chi connectivity index (χ4n) is 3.00. The van der Waals surface area contributed by atoms with Crippen molar-refractivity contribution in [2.75, 3.05) is 0 Å². The normalized spacial score (nSPS) is 20.4. The van der Waals surface area contributed by atoms with Crippen LogP contribution in [0, 0.1) is 5.41 Å². The van der Waals surface area contributed by atoms with Gasteiger partial charge >= 0.3 is 0 Å². The molecule has 0 N–H and O–H groups in total. The minimum absolute atomic E-state index is 0.0213. The molecule has 0 saturated carbocycles. The van der Waals surface area contributed by atoms with Gasteiger partial charge in [0.2, 0.25) is 0 Å². The van der Waals surface area contributed by atoms with E-state index < -0.39 is 17.9 Å². The molecule has 0 amide bonds. The van der Waals surface area contributed by atoms with Crippen LogP contribution in [-0.4, -0.2) is 15.3 Å². The number of hydrogen-bond acceptors (Lipinski definition) is 2. The number of carbonyl (C=O) groups excluding carboxylic acids is 1. The standard InChI is InChI=1S/C15H14F2N2O/c1-15(2)12(19-8-18-7-11(19)14(16)17)9-5-3-4-6-10(9)13(15)20/h3-8,12,14H,1-2H3. The molecule has 104 valence electrons. The average Bonchev–Trinajstić information content (AvgIpc) is 2.93. The summed E-state index contributed by atoms with van der Waals surface area (Å²) in [7, 11) is 0. The van der Waals surface area contributed by atoms with E-state index in [0.29, 0.717) is 5.56 Å². The number of hydrogen-bond donors (Lipinski definition) is 0. The number of nitrogens with zero attached hydrogens (tertiary/aromatic N) is 2. The summed E-state index contributed by atoms with van der Waals surface area (Å²) in [6, 6.07) is 6.73. The number of benzene rings is 1. The fraction of sp³-hybridized carbons (Fsp3) is 0.333. The number of rotatable bonds is 2. The first-order chi connectivity index (χ1) is 9.44. The summed E-state index contributed by atoms with van der Waals surface area (Å²) in [5.41, 5.74) is 0.458. The molecule has 0 radical (unpaired) electrons. The van der Waals surface area contributed by atoms with Crippen LogP contribution in [0.25, 0.3) is 0 Å². The highest BCUT2D eigenvalue weighted by molar-refractivity contribution is 6.05. The summed E-state index contributed by atoms with van der Waals surface area (Å²) in [6.07, 6.45) is -0.0775. The zero-order chi connectivity index (χ0) is 14.5. The quantitative estimate of drug-likeness (QED) is 0.839. The number of alkyl halides is 2. The lowest BCUT2D eigenvalue weighted by atomic mass is 9.84. The van der Waals surface area contributed by atoms with Gasteiger partial charge in [-0.05, 0) is 5.56 Å². The molecule has 1 aliphatic carbocycles. The molecule has 2 aromatic rings. The number of Topliss-reactive ketones (excluding diaryl/α,β-unsaturated/α-hetero) is 1. The minimum Gasteiger partial charge on any atom is -0.321 e. The van der Waals surface area contributed by atoms with E-state index in [9.17, 15) is 13.6 Å². The number of halogens is 2. The molecule has 20 heavy (non-hydrogen) atoms. The monoisotopic (exact) mass is 276 g/mol. The molecule has 1 aromatic carbocycles. The van der Waals surface area contributed by atoms with Gasteiger partial charge in [-0.3, -0.25) is 4.79 Å². The van der Waals surface area contributed by atoms with Crippen LogP contribution < -0.4 is 0 Å². The minimum atomic E-state index is -2.61. The van der Waals surface area contributed by atoms with Crippen LogP contribution in [0.1, 0.15) is 47.9 Å². The SMILES string of the molecule is CC1(C)C(=O)c2ccccc2C1n1cncc1C(F)F. The summed E-state index contributed by atoms with van der Waals surface area (Å²) in [4.78, 5) is 16.3. The van der Waals surface area contributed by atoms with Crippen LogP contribution >= 0.6 is 0 Å². The van der Waals surface area contributed by atoms with Crippen molar-refractivity contribution in [3.05, 3.63) is 53.6 Å². The first-order valence-electron chi connectivity index (χ1n) is 6.38. The summed E-state index contributed by atoms with van der Waals surface area (Å²) in [5, 5.41) is 0. The van der Waals surface area contributed by atoms with Crippen molar-refractivity contribution in [3.8, 4) is 0 Å². The van der Waals surface area contributed by atoms with E-state index in [0.717, 1.165) is 11.8 Å². The van der Waals surface area contributed by atoms with Crippen LogP contribution in [0.5, 0.6) is 0 Å². The van der Waals surface area contributed by atoms with Gasteiger partial charge in [0.15, 0.2) is 5.78 Å². The molecule has 1 unspecified atom stereocenters. The van der Waals surface area contributed by atoms with Gasteiger partial charge in [0.05, 0.1) is 24.0 Å². The second-order valence-electron chi connectivity index (χ2n) is 5.57. The summed E-state index contributed by atoms with van der Waals surface area (Å²) < 4.78 is 27.6. The Morgan fingerprint density at radius 2 is 2.00 bits per heavy atom. The zero-order valence-corrected chi connectivity index (χ0v) is 11.2. The zero-order valence-electron chi connectivity index (χ0n) is 11.2. The van der Waals surface area contributed by atoms with Crippen molar-refractivity contribution in [2.24, 2.45) is 5.41 Å². The van der Waals surface area contributed by atoms with Crippen molar-refractivity contribution < 1.29 is 13.6 Å². The van der Waals surface area contributed by atoms with E-state index in [4.69, 9.17) is 0 Å². The average molecular weight is 276 g/mol. The van der Waals surface area contributed by atoms with Gasteiger partial charge in [-0.2, -0.15) is 0 Å². The summed E-state index contributed by atoms with van der Waals surface area (Å²) in [6.45, 7) is 3.57. The van der Waals surface area contributed by atoms with Gasteiger partial charge in [0.1, 0.15) is 5.69 Å². The van der Waals surface area contributed by atoms with E-state index in [1.165, 1.54) is 10.9 Å². The second kappa shape index (κ2) is 4.23. The highest BCUT2D eigenvalue weighted by Gasteiger charge is 2.48. The molecule has 3 rings (SSSR count). The maximum atomic E-state index is 13.1. The summed E-state index contributed by atoms with van der Waals surface area (Å²) in [5.74, 6) is -0.0213. The number of ketones is 1. The van der Waals surface area contributed by atoms with E-state index in [1.807, 2.05) is 12.1 Å². The first kappa shape index (κ1) is 13.0. The third-order valence-corrected chi connectivity index (χ3v) is 3.97. The molecule has 0 aliphatic heterocycles. The fourth-order valence-corrected chi connectivity index (χ4v) is 3.00. The van der Waals surface area contributed by atoms with Crippen molar-refractivity contribution in [2.45, 2.75) is 26.3 Å². The van der Waals surface area contributed by atoms with E-state index >= 15 is 0 Å². The van der Waals surface area contributed by atoms with Gasteiger partial charge in [-0.25, -0.2) is 13.8 Å². The highest BCUT2D eigenvalue weighted by atomic mass is 19.3. The maximum Gasteiger partial charge on any atom is 0.280 e. The Bertz CT molecular complexity index is 676. The van der Waals surface area contributed by atoms with Crippen LogP contribution in [0.15, 0.2) is 36.8 Å². The molecule has 1 aromatic heterocycles. The maximum absolute atomic E-state index is 13.1. The lowest BCUT2D eigenvalue weighted by molar-refractivity contribution is 0.0805. The molecule has 0 fully saturated rings. The van der Waals surface area contributed by atoms with Gasteiger partial charge in [0.25, 0.3) is 6.43 Å². The van der Waals surface area contributed by atoms with Gasteiger partial charge in [-0.15, -0.1) is 0 Å². The number of aromatic nitrogens is 2. The Labute approximate surface area is 115 Å². The molecule has 0 saturated heterocycles. The van der Waals surface area contributed by atoms with Crippen LogP contribution in [-0.2, 0) is 0 Å². The molecule has 1 heterocycles. The van der Waals surface area contributed by atoms with Gasteiger partial charge in [-0.1, -0.05) is 38.1 Å². The molecule has 1 atom stereocenters.